The molecular weight excluding hydrogens is 380 g/mol. The van der Waals surface area contributed by atoms with Crippen LogP contribution in [0.15, 0.2) is 67.7 Å². The average Bonchev–Trinajstić information content (AvgIpc) is 2.82. The number of nitrogens with zero attached hydrogens (tertiary/aromatic N) is 2. The first kappa shape index (κ1) is 22.8. The Balaban J connectivity index is 1.90. The monoisotopic (exact) mass is 416 g/mol. The van der Waals surface area contributed by atoms with Gasteiger partial charge in [-0.3, -0.25) is 0 Å². The van der Waals surface area contributed by atoms with Gasteiger partial charge in [0.05, 0.1) is 5.69 Å². The third-order valence-electron chi connectivity index (χ3n) is 5.97. The van der Waals surface area contributed by atoms with E-state index in [9.17, 15) is 0 Å². The van der Waals surface area contributed by atoms with Crippen molar-refractivity contribution in [3.05, 3.63) is 84.5 Å². The van der Waals surface area contributed by atoms with Crippen molar-refractivity contribution in [2.24, 2.45) is 0 Å². The van der Waals surface area contributed by atoms with E-state index in [-0.39, 0.29) is 0 Å². The Bertz CT molecular complexity index is 894. The molecule has 0 amide bonds. The van der Waals surface area contributed by atoms with Gasteiger partial charge in [-0.15, -0.1) is 0 Å². The number of hydrogen-bond acceptors (Lipinski definition) is 4. The molecule has 2 aromatic rings. The lowest BCUT2D eigenvalue weighted by atomic mass is 9.91. The highest BCUT2D eigenvalue weighted by atomic mass is 15.1. The van der Waals surface area contributed by atoms with Crippen LogP contribution in [0.25, 0.3) is 5.57 Å². The summed E-state index contributed by atoms with van der Waals surface area (Å²) in [5.41, 5.74) is 4.73. The van der Waals surface area contributed by atoms with Gasteiger partial charge in [-0.05, 0) is 60.7 Å². The van der Waals surface area contributed by atoms with Gasteiger partial charge in [0.2, 0.25) is 5.95 Å². The molecule has 0 aliphatic heterocycles. The molecule has 31 heavy (non-hydrogen) atoms. The normalized spacial score (nSPS) is 16.3. The minimum Gasteiger partial charge on any atom is -0.368 e. The molecular formula is C27H36N4. The highest BCUT2D eigenvalue weighted by Gasteiger charge is 2.15. The highest BCUT2D eigenvalue weighted by Crippen LogP contribution is 2.28. The van der Waals surface area contributed by atoms with Crippen molar-refractivity contribution < 1.29 is 0 Å². The number of allylic oxidation sites excluding steroid dienone is 3. The van der Waals surface area contributed by atoms with Gasteiger partial charge >= 0.3 is 0 Å². The van der Waals surface area contributed by atoms with Crippen LogP contribution in [0.5, 0.6) is 0 Å². The number of rotatable bonds is 10. The second kappa shape index (κ2) is 12.1. The van der Waals surface area contributed by atoms with E-state index in [1.54, 1.807) is 6.20 Å². The van der Waals surface area contributed by atoms with Crippen LogP contribution in [0.3, 0.4) is 0 Å². The quantitative estimate of drug-likeness (QED) is 0.428. The first-order valence-corrected chi connectivity index (χ1v) is 11.7. The van der Waals surface area contributed by atoms with Crippen LogP contribution >= 0.6 is 0 Å². The molecule has 0 bridgehead atoms. The van der Waals surface area contributed by atoms with Gasteiger partial charge in [-0.2, -0.15) is 0 Å². The molecule has 1 saturated carbocycles. The predicted molar refractivity (Wildman–Crippen MR) is 132 cm³/mol. The maximum atomic E-state index is 4.87. The molecule has 0 spiro atoms. The van der Waals surface area contributed by atoms with Crippen molar-refractivity contribution in [3.63, 3.8) is 0 Å². The molecule has 1 atom stereocenters. The molecule has 164 valence electrons. The van der Waals surface area contributed by atoms with Crippen molar-refractivity contribution in [1.29, 1.82) is 0 Å². The van der Waals surface area contributed by atoms with Crippen LogP contribution in [0.4, 0.5) is 5.95 Å². The molecule has 2 N–H and O–H groups in total. The van der Waals surface area contributed by atoms with E-state index in [2.05, 4.69) is 72.5 Å². The molecule has 0 saturated heterocycles. The van der Waals surface area contributed by atoms with Crippen molar-refractivity contribution in [2.75, 3.05) is 5.32 Å². The van der Waals surface area contributed by atoms with Gasteiger partial charge in [0.15, 0.2) is 0 Å². The van der Waals surface area contributed by atoms with E-state index in [4.69, 9.17) is 4.98 Å². The van der Waals surface area contributed by atoms with Crippen LogP contribution in [0, 0.1) is 0 Å². The van der Waals surface area contributed by atoms with Gasteiger partial charge in [0, 0.05) is 24.4 Å². The van der Waals surface area contributed by atoms with E-state index < -0.39 is 0 Å². The average molecular weight is 417 g/mol. The molecule has 1 aromatic carbocycles. The zero-order chi connectivity index (χ0) is 21.9. The molecule has 1 unspecified atom stereocenters. The fourth-order valence-electron chi connectivity index (χ4n) is 4.16. The lowest BCUT2D eigenvalue weighted by molar-refractivity contribution is 0.461. The summed E-state index contributed by atoms with van der Waals surface area (Å²) in [6.07, 6.45) is 18.2. The number of aromatic nitrogens is 2. The fraction of sp³-hybridized carbons (Fsp3) is 0.407. The minimum absolute atomic E-state index is 0.319. The van der Waals surface area contributed by atoms with Crippen LogP contribution in [0.2, 0.25) is 0 Å². The summed E-state index contributed by atoms with van der Waals surface area (Å²) < 4.78 is 0. The number of anilines is 1. The first-order valence-electron chi connectivity index (χ1n) is 11.7. The highest BCUT2D eigenvalue weighted by molar-refractivity contribution is 5.73. The van der Waals surface area contributed by atoms with E-state index in [0.717, 1.165) is 30.1 Å². The molecule has 1 fully saturated rings. The van der Waals surface area contributed by atoms with E-state index in [1.807, 2.05) is 18.5 Å². The van der Waals surface area contributed by atoms with Crippen LogP contribution in [0.1, 0.15) is 75.1 Å². The summed E-state index contributed by atoms with van der Waals surface area (Å²) in [5, 5.41) is 6.61. The number of benzene rings is 1. The Kier molecular flexibility index (Phi) is 8.89. The van der Waals surface area contributed by atoms with Gasteiger partial charge in [0.25, 0.3) is 0 Å². The second-order valence-electron chi connectivity index (χ2n) is 8.18. The Labute approximate surface area is 187 Å². The summed E-state index contributed by atoms with van der Waals surface area (Å²) in [6, 6.07) is 11.4. The molecule has 1 aliphatic carbocycles. The van der Waals surface area contributed by atoms with Crippen molar-refractivity contribution in [2.45, 2.75) is 70.8 Å². The number of nitrogens with one attached hydrogen (secondary N) is 2. The second-order valence-corrected chi connectivity index (χ2v) is 8.18. The van der Waals surface area contributed by atoms with Gasteiger partial charge < -0.3 is 10.6 Å². The van der Waals surface area contributed by atoms with Gasteiger partial charge in [-0.1, -0.05) is 70.0 Å². The largest absolute Gasteiger partial charge is 0.368 e. The maximum absolute atomic E-state index is 4.87. The topological polar surface area (TPSA) is 49.8 Å². The molecule has 3 rings (SSSR count). The zero-order valence-corrected chi connectivity index (χ0v) is 19.0. The minimum atomic E-state index is 0.319. The van der Waals surface area contributed by atoms with Crippen LogP contribution in [-0.2, 0) is 6.42 Å². The Morgan fingerprint density at radius 2 is 2.03 bits per heavy atom. The number of hydrogen-bond donors (Lipinski definition) is 2. The molecule has 1 aliphatic rings. The maximum Gasteiger partial charge on any atom is 0.223 e. The molecule has 0 radical (unpaired) electrons. The predicted octanol–water partition coefficient (Wildman–Crippen LogP) is 6.61. The van der Waals surface area contributed by atoms with Crippen molar-refractivity contribution in [3.8, 4) is 0 Å². The van der Waals surface area contributed by atoms with Crippen molar-refractivity contribution >= 4 is 11.5 Å². The third kappa shape index (κ3) is 6.81. The SMILES string of the molecule is C=CN/C=C\C(=C/C(CC)c1cccc(CC)c1)c1ccnc(NC2CCCCC2)n1. The Morgan fingerprint density at radius 1 is 1.19 bits per heavy atom. The fourth-order valence-corrected chi connectivity index (χ4v) is 4.16. The summed E-state index contributed by atoms with van der Waals surface area (Å²) in [5.74, 6) is 1.04. The standard InChI is InChI=1S/C27H36N4/c1-4-21-11-10-12-23(19-21)22(5-2)20-24(15-17-28-6-3)26-16-18-29-27(31-26)30-25-13-8-7-9-14-25/h6,10-12,15-20,22,25,28H,3-5,7-9,13-14H2,1-2H3,(H,29,30,31)/b17-15-,24-20+. The van der Waals surface area contributed by atoms with Crippen LogP contribution < -0.4 is 10.6 Å². The lowest BCUT2D eigenvalue weighted by Gasteiger charge is -2.22. The van der Waals surface area contributed by atoms with E-state index >= 15 is 0 Å². The Morgan fingerprint density at radius 3 is 2.77 bits per heavy atom. The molecule has 1 aromatic heterocycles. The molecule has 4 heteroatoms. The smallest absolute Gasteiger partial charge is 0.223 e. The first-order chi connectivity index (χ1) is 15.2. The summed E-state index contributed by atoms with van der Waals surface area (Å²) in [4.78, 5) is 9.35. The summed E-state index contributed by atoms with van der Waals surface area (Å²) in [6.45, 7) is 8.17. The Hall–Kier alpha value is -2.88. The van der Waals surface area contributed by atoms with Gasteiger partial charge in [0.1, 0.15) is 0 Å². The van der Waals surface area contributed by atoms with E-state index in [0.29, 0.717) is 12.0 Å². The zero-order valence-electron chi connectivity index (χ0n) is 19.0. The van der Waals surface area contributed by atoms with Crippen molar-refractivity contribution in [1.82, 2.24) is 15.3 Å². The lowest BCUT2D eigenvalue weighted by Crippen LogP contribution is -2.23. The van der Waals surface area contributed by atoms with Gasteiger partial charge in [-0.25, -0.2) is 9.97 Å². The summed E-state index contributed by atoms with van der Waals surface area (Å²) in [7, 11) is 0. The van der Waals surface area contributed by atoms with E-state index in [1.165, 1.54) is 43.2 Å². The molecule has 4 nitrogen and oxygen atoms in total. The third-order valence-corrected chi connectivity index (χ3v) is 5.97. The summed E-state index contributed by atoms with van der Waals surface area (Å²) >= 11 is 0. The molecule has 1 heterocycles. The van der Waals surface area contributed by atoms with Crippen LogP contribution in [-0.4, -0.2) is 16.0 Å². The number of aryl methyl sites for hydroxylation is 1.